The van der Waals surface area contributed by atoms with E-state index in [0.29, 0.717) is 11.3 Å². The zero-order valence-corrected chi connectivity index (χ0v) is 15.7. The molecule has 0 aliphatic carbocycles. The molecule has 4 rings (SSSR count). The molecule has 1 unspecified atom stereocenters. The van der Waals surface area contributed by atoms with Gasteiger partial charge in [-0.25, -0.2) is 0 Å². The van der Waals surface area contributed by atoms with Gasteiger partial charge in [0.25, 0.3) is 5.91 Å². The van der Waals surface area contributed by atoms with Gasteiger partial charge in [-0.15, -0.1) is 0 Å². The van der Waals surface area contributed by atoms with Gasteiger partial charge in [-0.2, -0.15) is 13.2 Å². The summed E-state index contributed by atoms with van der Waals surface area (Å²) in [6.45, 7) is 0. The Morgan fingerprint density at radius 2 is 1.73 bits per heavy atom. The minimum atomic E-state index is -4.48. The lowest BCUT2D eigenvalue weighted by molar-refractivity contribution is -0.137. The monoisotopic (exact) mass is 409 g/mol. The number of alkyl halides is 3. The maximum absolute atomic E-state index is 12.9. The van der Waals surface area contributed by atoms with E-state index in [2.05, 4.69) is 5.32 Å². The number of nitrogens with two attached hydrogens (primary N) is 1. The van der Waals surface area contributed by atoms with Gasteiger partial charge < -0.3 is 16.0 Å². The first-order valence-corrected chi connectivity index (χ1v) is 9.23. The number of halogens is 3. The van der Waals surface area contributed by atoms with Gasteiger partial charge in [0.1, 0.15) is 6.17 Å². The van der Waals surface area contributed by atoms with Gasteiger partial charge in [0.2, 0.25) is 0 Å². The summed E-state index contributed by atoms with van der Waals surface area (Å²) in [4.78, 5) is 14.5. The highest BCUT2D eigenvalue weighted by atomic mass is 19.4. The van der Waals surface area contributed by atoms with Crippen LogP contribution in [0.4, 0.5) is 24.5 Å². The Kier molecular flexibility index (Phi) is 5.05. The van der Waals surface area contributed by atoms with Crippen LogP contribution in [0.3, 0.4) is 0 Å². The van der Waals surface area contributed by atoms with E-state index in [-0.39, 0.29) is 5.69 Å². The fraction of sp³-hybridized carbons (Fsp3) is 0.0870. The van der Waals surface area contributed by atoms with Crippen LogP contribution in [-0.4, -0.2) is 5.91 Å². The topological polar surface area (TPSA) is 58.4 Å². The molecule has 1 aliphatic rings. The van der Waals surface area contributed by atoms with Crippen molar-refractivity contribution in [1.82, 2.24) is 0 Å². The Morgan fingerprint density at radius 1 is 0.967 bits per heavy atom. The van der Waals surface area contributed by atoms with Gasteiger partial charge in [0.05, 0.1) is 5.56 Å². The summed E-state index contributed by atoms with van der Waals surface area (Å²) in [6, 6.07) is 19.1. The Hall–Kier alpha value is -3.58. The molecule has 3 aromatic carbocycles. The molecular weight excluding hydrogens is 391 g/mol. The summed E-state index contributed by atoms with van der Waals surface area (Å²) >= 11 is 0. The number of hydrogen-bond acceptors (Lipinski definition) is 3. The molecule has 30 heavy (non-hydrogen) atoms. The van der Waals surface area contributed by atoms with Crippen LogP contribution in [0.25, 0.3) is 6.08 Å². The molecule has 0 saturated heterocycles. The van der Waals surface area contributed by atoms with Crippen molar-refractivity contribution in [3.63, 3.8) is 0 Å². The van der Waals surface area contributed by atoms with Crippen molar-refractivity contribution in [2.24, 2.45) is 5.73 Å². The lowest BCUT2D eigenvalue weighted by Gasteiger charge is -2.32. The van der Waals surface area contributed by atoms with Crippen molar-refractivity contribution < 1.29 is 18.0 Å². The lowest BCUT2D eigenvalue weighted by atomic mass is 10.0. The third kappa shape index (κ3) is 3.92. The fourth-order valence-corrected chi connectivity index (χ4v) is 3.37. The van der Waals surface area contributed by atoms with Crippen LogP contribution in [0.2, 0.25) is 0 Å². The number of benzene rings is 3. The third-order valence-corrected chi connectivity index (χ3v) is 4.88. The maximum atomic E-state index is 12.9. The van der Waals surface area contributed by atoms with Crippen molar-refractivity contribution in [3.8, 4) is 0 Å². The number of nitrogens with zero attached hydrogens (tertiary/aromatic N) is 1. The summed E-state index contributed by atoms with van der Waals surface area (Å²) < 4.78 is 38.7. The van der Waals surface area contributed by atoms with E-state index in [9.17, 15) is 18.0 Å². The predicted molar refractivity (Wildman–Crippen MR) is 111 cm³/mol. The molecule has 0 radical (unpaired) electrons. The molecule has 0 aromatic heterocycles. The van der Waals surface area contributed by atoms with Gasteiger partial charge in [-0.05, 0) is 53.6 Å². The second-order valence-corrected chi connectivity index (χ2v) is 6.88. The van der Waals surface area contributed by atoms with Crippen LogP contribution >= 0.6 is 0 Å². The summed E-state index contributed by atoms with van der Waals surface area (Å²) in [5.74, 6) is -0.508. The van der Waals surface area contributed by atoms with Gasteiger partial charge in [-0.1, -0.05) is 36.4 Å². The molecule has 7 heteroatoms. The largest absolute Gasteiger partial charge is 0.416 e. The first-order chi connectivity index (χ1) is 14.3. The molecule has 0 saturated carbocycles. The smallest absolute Gasteiger partial charge is 0.328 e. The number of fused-ring (bicyclic) bond motifs is 1. The Balaban J connectivity index is 1.56. The molecule has 0 fully saturated rings. The van der Waals surface area contributed by atoms with Crippen molar-refractivity contribution in [1.29, 1.82) is 0 Å². The van der Waals surface area contributed by atoms with Crippen molar-refractivity contribution in [2.45, 2.75) is 12.3 Å². The van der Waals surface area contributed by atoms with Gasteiger partial charge >= 0.3 is 6.18 Å². The van der Waals surface area contributed by atoms with Crippen LogP contribution in [0.15, 0.2) is 79.0 Å². The molecule has 1 aliphatic heterocycles. The quantitative estimate of drug-likeness (QED) is 0.609. The van der Waals surface area contributed by atoms with E-state index >= 15 is 0 Å². The summed E-state index contributed by atoms with van der Waals surface area (Å²) in [7, 11) is 0. The van der Waals surface area contributed by atoms with E-state index < -0.39 is 23.8 Å². The summed E-state index contributed by atoms with van der Waals surface area (Å²) in [5, 5.41) is 2.52. The summed E-state index contributed by atoms with van der Waals surface area (Å²) in [5.41, 5.74) is 8.64. The van der Waals surface area contributed by atoms with E-state index in [1.165, 1.54) is 12.1 Å². The molecule has 0 spiro atoms. The van der Waals surface area contributed by atoms with Crippen LogP contribution in [0.1, 0.15) is 33.2 Å². The van der Waals surface area contributed by atoms with Gasteiger partial charge in [-0.3, -0.25) is 4.79 Å². The predicted octanol–water partition coefficient (Wildman–Crippen LogP) is 5.41. The number of hydrogen-bond donors (Lipinski definition) is 2. The molecule has 3 N–H and O–H groups in total. The minimum Gasteiger partial charge on any atom is -0.328 e. The van der Waals surface area contributed by atoms with E-state index in [1.807, 2.05) is 47.5 Å². The lowest BCUT2D eigenvalue weighted by Crippen LogP contribution is -2.32. The third-order valence-electron chi connectivity index (χ3n) is 4.88. The second kappa shape index (κ2) is 7.68. The van der Waals surface area contributed by atoms with Crippen molar-refractivity contribution in [3.05, 3.63) is 101 Å². The normalized spacial score (nSPS) is 15.6. The van der Waals surface area contributed by atoms with Crippen LogP contribution in [0.5, 0.6) is 0 Å². The maximum Gasteiger partial charge on any atom is 0.416 e. The molecule has 1 amide bonds. The second-order valence-electron chi connectivity index (χ2n) is 6.88. The van der Waals surface area contributed by atoms with E-state index in [4.69, 9.17) is 5.73 Å². The number of nitrogens with one attached hydrogen (secondary N) is 1. The highest BCUT2D eigenvalue weighted by Crippen LogP contribution is 2.32. The average molecular weight is 409 g/mol. The summed E-state index contributed by atoms with van der Waals surface area (Å²) in [6.07, 6.45) is -1.12. The highest BCUT2D eigenvalue weighted by Gasteiger charge is 2.30. The molecule has 152 valence electrons. The van der Waals surface area contributed by atoms with Crippen LogP contribution in [-0.2, 0) is 6.18 Å². The molecule has 0 bridgehead atoms. The Bertz CT molecular complexity index is 1120. The SMILES string of the molecule is NC1c2ccccc2C=CN1c1cccc(C(=O)Nc2cccc(C(F)(F)F)c2)c1. The first kappa shape index (κ1) is 19.7. The molecular formula is C23H18F3N3O. The number of carbonyl (C=O) groups is 1. The number of carbonyl (C=O) groups excluding carboxylic acids is 1. The van der Waals surface area contributed by atoms with E-state index in [1.54, 1.807) is 18.2 Å². The number of rotatable bonds is 3. The fourth-order valence-electron chi connectivity index (χ4n) is 3.37. The molecule has 4 nitrogen and oxygen atoms in total. The van der Waals surface area contributed by atoms with Crippen LogP contribution in [0, 0.1) is 0 Å². The Morgan fingerprint density at radius 3 is 2.53 bits per heavy atom. The van der Waals surface area contributed by atoms with Crippen molar-refractivity contribution in [2.75, 3.05) is 10.2 Å². The minimum absolute atomic E-state index is 0.0729. The molecule has 1 atom stereocenters. The Labute approximate surface area is 171 Å². The zero-order valence-electron chi connectivity index (χ0n) is 15.7. The zero-order chi connectivity index (χ0) is 21.3. The molecule has 1 heterocycles. The average Bonchev–Trinajstić information content (AvgIpc) is 2.74. The van der Waals surface area contributed by atoms with E-state index in [0.717, 1.165) is 23.3 Å². The van der Waals surface area contributed by atoms with Gasteiger partial charge in [0.15, 0.2) is 0 Å². The first-order valence-electron chi connectivity index (χ1n) is 9.23. The number of anilines is 2. The molecule has 3 aromatic rings. The van der Waals surface area contributed by atoms with Crippen LogP contribution < -0.4 is 16.0 Å². The number of amides is 1. The van der Waals surface area contributed by atoms with Crippen molar-refractivity contribution >= 4 is 23.4 Å². The standard InChI is InChI=1S/C23H18F3N3O/c24-23(25,26)17-7-4-8-18(14-17)28-22(30)16-6-3-9-19(13-16)29-12-11-15-5-1-2-10-20(15)21(29)27/h1-14,21H,27H2,(H,28,30). The highest BCUT2D eigenvalue weighted by molar-refractivity contribution is 6.04. The van der Waals surface area contributed by atoms with Gasteiger partial charge in [0, 0.05) is 23.1 Å².